The van der Waals surface area contributed by atoms with Crippen LogP contribution in [-0.4, -0.2) is 11.2 Å². The maximum Gasteiger partial charge on any atom is 0.0633 e. The Morgan fingerprint density at radius 2 is 1.60 bits per heavy atom. The highest BCUT2D eigenvalue weighted by Gasteiger charge is 2.22. The van der Waals surface area contributed by atoms with Crippen molar-refractivity contribution in [3.8, 4) is 0 Å². The van der Waals surface area contributed by atoms with Gasteiger partial charge in [-0.1, -0.05) is 63.9 Å². The van der Waals surface area contributed by atoms with Gasteiger partial charge in [-0.3, -0.25) is 0 Å². The van der Waals surface area contributed by atoms with E-state index in [2.05, 4.69) is 32.9 Å². The van der Waals surface area contributed by atoms with Crippen LogP contribution in [0.4, 0.5) is 0 Å². The van der Waals surface area contributed by atoms with Crippen LogP contribution in [0.3, 0.4) is 0 Å². The number of aliphatic hydroxyl groups excluding tert-OH is 1. The molecule has 1 aromatic rings. The molecule has 1 rings (SSSR count). The molecule has 0 aliphatic rings. The molecule has 0 bridgehead atoms. The summed E-state index contributed by atoms with van der Waals surface area (Å²) in [6.45, 7) is 6.41. The molecular formula is C14H22O. The van der Waals surface area contributed by atoms with E-state index in [1.54, 1.807) is 0 Å². The Bertz CT molecular complexity index is 264. The molecule has 1 nitrogen and oxygen atoms in total. The van der Waals surface area contributed by atoms with Gasteiger partial charge in [-0.15, -0.1) is 0 Å². The lowest BCUT2D eigenvalue weighted by molar-refractivity contribution is 0.0810. The lowest BCUT2D eigenvalue weighted by Crippen LogP contribution is -2.25. The fourth-order valence-electron chi connectivity index (χ4n) is 2.13. The first-order chi connectivity index (χ1) is 7.20. The highest BCUT2D eigenvalue weighted by atomic mass is 16.3. The maximum absolute atomic E-state index is 10.2. The molecule has 2 atom stereocenters. The average Bonchev–Trinajstić information content (AvgIpc) is 2.30. The van der Waals surface area contributed by atoms with Gasteiger partial charge < -0.3 is 5.11 Å². The normalized spacial score (nSPS) is 15.3. The predicted molar refractivity (Wildman–Crippen MR) is 64.9 cm³/mol. The fourth-order valence-corrected chi connectivity index (χ4v) is 2.13. The van der Waals surface area contributed by atoms with E-state index in [0.29, 0.717) is 5.92 Å². The molecule has 0 saturated heterocycles. The Hall–Kier alpha value is -0.820. The van der Waals surface area contributed by atoms with Gasteiger partial charge >= 0.3 is 0 Å². The van der Waals surface area contributed by atoms with Crippen molar-refractivity contribution in [1.29, 1.82) is 0 Å². The van der Waals surface area contributed by atoms with Crippen LogP contribution in [0.15, 0.2) is 30.3 Å². The summed E-state index contributed by atoms with van der Waals surface area (Å²) in [5, 5.41) is 10.2. The number of hydrogen-bond donors (Lipinski definition) is 1. The smallest absolute Gasteiger partial charge is 0.0633 e. The SMILES string of the molecule is CCC(CC)C(O)C(C)c1ccccc1. The highest BCUT2D eigenvalue weighted by Crippen LogP contribution is 2.27. The van der Waals surface area contributed by atoms with E-state index in [0.717, 1.165) is 12.8 Å². The first-order valence-corrected chi connectivity index (χ1v) is 5.93. The van der Waals surface area contributed by atoms with Gasteiger partial charge in [0.15, 0.2) is 0 Å². The zero-order valence-electron chi connectivity index (χ0n) is 9.98. The maximum atomic E-state index is 10.2. The second kappa shape index (κ2) is 5.92. The molecule has 1 aromatic carbocycles. The summed E-state index contributed by atoms with van der Waals surface area (Å²) in [5.41, 5.74) is 1.23. The molecule has 0 amide bonds. The summed E-state index contributed by atoms with van der Waals surface area (Å²) >= 11 is 0. The van der Waals surface area contributed by atoms with Crippen LogP contribution < -0.4 is 0 Å². The van der Waals surface area contributed by atoms with Gasteiger partial charge in [0, 0.05) is 5.92 Å². The van der Waals surface area contributed by atoms with Crippen molar-refractivity contribution in [2.45, 2.75) is 45.6 Å². The second-order valence-corrected chi connectivity index (χ2v) is 4.27. The third kappa shape index (κ3) is 3.07. The van der Waals surface area contributed by atoms with Gasteiger partial charge in [-0.2, -0.15) is 0 Å². The molecule has 0 aromatic heterocycles. The third-order valence-electron chi connectivity index (χ3n) is 3.37. The summed E-state index contributed by atoms with van der Waals surface area (Å²) in [5.74, 6) is 0.649. The fraction of sp³-hybridized carbons (Fsp3) is 0.571. The Labute approximate surface area is 93.1 Å². The molecule has 0 spiro atoms. The molecule has 0 saturated carbocycles. The minimum Gasteiger partial charge on any atom is -0.392 e. The minimum atomic E-state index is -0.220. The summed E-state index contributed by atoms with van der Waals surface area (Å²) < 4.78 is 0. The minimum absolute atomic E-state index is 0.220. The van der Waals surface area contributed by atoms with Crippen molar-refractivity contribution < 1.29 is 5.11 Å². The zero-order chi connectivity index (χ0) is 11.3. The highest BCUT2D eigenvalue weighted by molar-refractivity contribution is 5.20. The van der Waals surface area contributed by atoms with Crippen molar-refractivity contribution in [1.82, 2.24) is 0 Å². The quantitative estimate of drug-likeness (QED) is 0.780. The number of benzene rings is 1. The van der Waals surface area contributed by atoms with E-state index < -0.39 is 0 Å². The standard InChI is InChI=1S/C14H22O/c1-4-12(5-2)14(15)11(3)13-9-7-6-8-10-13/h6-12,14-15H,4-5H2,1-3H3. The molecule has 0 aliphatic heterocycles. The van der Waals surface area contributed by atoms with Crippen LogP contribution >= 0.6 is 0 Å². The van der Waals surface area contributed by atoms with Gasteiger partial charge in [0.05, 0.1) is 6.10 Å². The van der Waals surface area contributed by atoms with Gasteiger partial charge in [0.1, 0.15) is 0 Å². The molecule has 84 valence electrons. The molecule has 0 fully saturated rings. The summed E-state index contributed by atoms with van der Waals surface area (Å²) in [7, 11) is 0. The molecule has 0 aliphatic carbocycles. The molecular weight excluding hydrogens is 184 g/mol. The van der Waals surface area contributed by atoms with E-state index >= 15 is 0 Å². The second-order valence-electron chi connectivity index (χ2n) is 4.27. The number of rotatable bonds is 5. The molecule has 1 N–H and O–H groups in total. The van der Waals surface area contributed by atoms with E-state index in [1.807, 2.05) is 18.2 Å². The summed E-state index contributed by atoms with van der Waals surface area (Å²) in [6.07, 6.45) is 1.88. The largest absolute Gasteiger partial charge is 0.392 e. The van der Waals surface area contributed by atoms with Crippen LogP contribution in [0.5, 0.6) is 0 Å². The molecule has 1 heteroatoms. The van der Waals surface area contributed by atoms with Crippen molar-refractivity contribution in [2.75, 3.05) is 0 Å². The van der Waals surface area contributed by atoms with Crippen LogP contribution in [0, 0.1) is 5.92 Å². The first kappa shape index (κ1) is 12.3. The Morgan fingerprint density at radius 3 is 2.07 bits per heavy atom. The molecule has 15 heavy (non-hydrogen) atoms. The summed E-state index contributed by atoms with van der Waals surface area (Å²) in [6, 6.07) is 10.3. The third-order valence-corrected chi connectivity index (χ3v) is 3.37. The Morgan fingerprint density at radius 1 is 1.07 bits per heavy atom. The van der Waals surface area contributed by atoms with Gasteiger partial charge in [-0.05, 0) is 11.5 Å². The topological polar surface area (TPSA) is 20.2 Å². The molecule has 0 radical (unpaired) electrons. The van der Waals surface area contributed by atoms with Crippen molar-refractivity contribution in [2.24, 2.45) is 5.92 Å². The van der Waals surface area contributed by atoms with Gasteiger partial charge in [0.2, 0.25) is 0 Å². The lowest BCUT2D eigenvalue weighted by Gasteiger charge is -2.26. The van der Waals surface area contributed by atoms with Crippen molar-refractivity contribution in [3.05, 3.63) is 35.9 Å². The van der Waals surface area contributed by atoms with Crippen LogP contribution in [-0.2, 0) is 0 Å². The number of aliphatic hydroxyl groups is 1. The van der Waals surface area contributed by atoms with E-state index in [9.17, 15) is 5.11 Å². The number of hydrogen-bond acceptors (Lipinski definition) is 1. The monoisotopic (exact) mass is 206 g/mol. The van der Waals surface area contributed by atoms with Crippen LogP contribution in [0.2, 0.25) is 0 Å². The Kier molecular flexibility index (Phi) is 4.83. The van der Waals surface area contributed by atoms with Crippen LogP contribution in [0.25, 0.3) is 0 Å². The predicted octanol–water partition coefficient (Wildman–Crippen LogP) is 3.59. The first-order valence-electron chi connectivity index (χ1n) is 5.93. The average molecular weight is 206 g/mol. The lowest BCUT2D eigenvalue weighted by atomic mass is 9.84. The van der Waals surface area contributed by atoms with Crippen LogP contribution in [0.1, 0.15) is 45.1 Å². The van der Waals surface area contributed by atoms with E-state index in [1.165, 1.54) is 5.56 Å². The Balaban J connectivity index is 2.71. The summed E-state index contributed by atoms with van der Waals surface area (Å²) in [4.78, 5) is 0. The molecule has 0 heterocycles. The van der Waals surface area contributed by atoms with E-state index in [4.69, 9.17) is 0 Å². The molecule has 2 unspecified atom stereocenters. The van der Waals surface area contributed by atoms with Gasteiger partial charge in [0.25, 0.3) is 0 Å². The van der Waals surface area contributed by atoms with E-state index in [-0.39, 0.29) is 12.0 Å². The van der Waals surface area contributed by atoms with Crippen molar-refractivity contribution in [3.63, 3.8) is 0 Å². The van der Waals surface area contributed by atoms with Crippen molar-refractivity contribution >= 4 is 0 Å². The zero-order valence-corrected chi connectivity index (χ0v) is 9.98. The van der Waals surface area contributed by atoms with Gasteiger partial charge in [-0.25, -0.2) is 0 Å².